The van der Waals surface area contributed by atoms with E-state index in [0.29, 0.717) is 12.1 Å². The molecule has 2 heteroatoms. The van der Waals surface area contributed by atoms with Gasteiger partial charge in [0.1, 0.15) is 0 Å². The minimum atomic E-state index is 0.106. The van der Waals surface area contributed by atoms with Crippen LogP contribution in [-0.4, -0.2) is 23.8 Å². The van der Waals surface area contributed by atoms with Gasteiger partial charge in [-0.25, -0.2) is 0 Å². The van der Waals surface area contributed by atoms with E-state index in [1.54, 1.807) is 0 Å². The monoisotopic (exact) mass is 147 g/mol. The Morgan fingerprint density at radius 3 is 3.09 bits per heavy atom. The van der Waals surface area contributed by atoms with E-state index in [1.807, 2.05) is 23.1 Å². The molecule has 0 aromatic carbocycles. The summed E-state index contributed by atoms with van der Waals surface area (Å²) in [6, 6.07) is 0. The predicted octanol–water partition coefficient (Wildman–Crippen LogP) is 0.881. The van der Waals surface area contributed by atoms with Crippen molar-refractivity contribution in [3.8, 4) is 0 Å². The second kappa shape index (κ2) is 2.09. The van der Waals surface area contributed by atoms with Crippen molar-refractivity contribution in [3.63, 3.8) is 0 Å². The zero-order valence-corrected chi connectivity index (χ0v) is 6.21. The summed E-state index contributed by atoms with van der Waals surface area (Å²) in [5.41, 5.74) is 1.51. The third-order valence-electron chi connectivity index (χ3n) is 1.99. The lowest BCUT2D eigenvalue weighted by atomic mass is 10.2. The summed E-state index contributed by atoms with van der Waals surface area (Å²) in [5.74, 6) is 0.106. The Labute approximate surface area is 65.5 Å². The van der Waals surface area contributed by atoms with Crippen molar-refractivity contribution in [2.45, 2.75) is 0 Å². The Kier molecular flexibility index (Phi) is 1.22. The number of carbonyl (C=O) groups excluding carboxylic acids is 1. The Morgan fingerprint density at radius 2 is 2.36 bits per heavy atom. The van der Waals surface area contributed by atoms with Crippen molar-refractivity contribution in [1.82, 2.24) is 4.90 Å². The van der Waals surface area contributed by atoms with Gasteiger partial charge in [0.25, 0.3) is 0 Å². The molecule has 0 unspecified atom stereocenters. The van der Waals surface area contributed by atoms with Crippen LogP contribution in [0.2, 0.25) is 0 Å². The highest BCUT2D eigenvalue weighted by Crippen LogP contribution is 2.22. The Morgan fingerprint density at radius 1 is 1.55 bits per heavy atom. The fourth-order valence-corrected chi connectivity index (χ4v) is 1.40. The first kappa shape index (κ1) is 6.40. The van der Waals surface area contributed by atoms with Gasteiger partial charge in [0.05, 0.1) is 5.70 Å². The largest absolute Gasteiger partial charge is 0.360 e. The predicted molar refractivity (Wildman–Crippen MR) is 42.9 cm³/mol. The molecule has 1 fully saturated rings. The van der Waals surface area contributed by atoms with Gasteiger partial charge in [0.2, 0.25) is 5.78 Å². The second-order valence-corrected chi connectivity index (χ2v) is 2.79. The van der Waals surface area contributed by atoms with E-state index >= 15 is 0 Å². The van der Waals surface area contributed by atoms with Gasteiger partial charge in [-0.3, -0.25) is 4.79 Å². The van der Waals surface area contributed by atoms with Gasteiger partial charge in [-0.05, 0) is 6.08 Å². The smallest absolute Gasteiger partial charge is 0.206 e. The highest BCUT2D eigenvalue weighted by atomic mass is 16.1. The summed E-state index contributed by atoms with van der Waals surface area (Å²) in [5, 5.41) is 0. The molecule has 2 aliphatic heterocycles. The van der Waals surface area contributed by atoms with E-state index in [0.717, 1.165) is 12.2 Å². The van der Waals surface area contributed by atoms with E-state index < -0.39 is 0 Å². The number of Topliss-reactive ketones (excluding diaryl/α,β-unsaturated/α-hetero) is 1. The Bertz CT molecular complexity index is 286. The summed E-state index contributed by atoms with van der Waals surface area (Å²) >= 11 is 0. The maximum absolute atomic E-state index is 11.3. The lowest BCUT2D eigenvalue weighted by Crippen LogP contribution is -2.20. The SMILES string of the molecule is C=C1CN2CC=CC=C2C1=O. The standard InChI is InChI=1S/C9H9NO/c1-7-6-10-5-3-2-4-8(10)9(7)11/h2-4H,1,5-6H2. The number of allylic oxidation sites excluding steroid dienone is 3. The summed E-state index contributed by atoms with van der Waals surface area (Å²) in [4.78, 5) is 13.3. The Hall–Kier alpha value is -1.31. The molecule has 0 N–H and O–H groups in total. The molecule has 2 aliphatic rings. The molecule has 0 aromatic heterocycles. The first-order valence-electron chi connectivity index (χ1n) is 3.63. The van der Waals surface area contributed by atoms with E-state index in [9.17, 15) is 4.79 Å². The summed E-state index contributed by atoms with van der Waals surface area (Å²) in [6.45, 7) is 5.25. The van der Waals surface area contributed by atoms with Crippen molar-refractivity contribution in [2.24, 2.45) is 0 Å². The molecular weight excluding hydrogens is 138 g/mol. The molecule has 2 nitrogen and oxygen atoms in total. The number of fused-ring (bicyclic) bond motifs is 1. The molecule has 0 radical (unpaired) electrons. The highest BCUT2D eigenvalue weighted by Gasteiger charge is 2.28. The number of carbonyl (C=O) groups is 1. The highest BCUT2D eigenvalue weighted by molar-refractivity contribution is 6.10. The minimum absolute atomic E-state index is 0.106. The Balaban J connectivity index is 2.40. The number of ketones is 1. The molecule has 56 valence electrons. The first-order chi connectivity index (χ1) is 5.29. The quantitative estimate of drug-likeness (QED) is 0.474. The van der Waals surface area contributed by atoms with E-state index in [1.165, 1.54) is 0 Å². The van der Waals surface area contributed by atoms with Gasteiger partial charge < -0.3 is 4.90 Å². The van der Waals surface area contributed by atoms with Gasteiger partial charge in [0.15, 0.2) is 0 Å². The topological polar surface area (TPSA) is 20.3 Å². The molecule has 2 rings (SSSR count). The van der Waals surface area contributed by atoms with Crippen LogP contribution in [0.4, 0.5) is 0 Å². The van der Waals surface area contributed by atoms with Crippen LogP contribution < -0.4 is 0 Å². The fourth-order valence-electron chi connectivity index (χ4n) is 1.40. The van der Waals surface area contributed by atoms with Crippen LogP contribution in [0.3, 0.4) is 0 Å². The first-order valence-corrected chi connectivity index (χ1v) is 3.63. The van der Waals surface area contributed by atoms with Crippen molar-refractivity contribution >= 4 is 5.78 Å². The third-order valence-corrected chi connectivity index (χ3v) is 1.99. The van der Waals surface area contributed by atoms with Crippen LogP contribution in [0.25, 0.3) is 0 Å². The van der Waals surface area contributed by atoms with Crippen LogP contribution in [0.15, 0.2) is 36.1 Å². The lowest BCUT2D eigenvalue weighted by Gasteiger charge is -2.17. The molecule has 0 saturated carbocycles. The van der Waals surface area contributed by atoms with Gasteiger partial charge in [0, 0.05) is 18.7 Å². The maximum Gasteiger partial charge on any atom is 0.206 e. The number of hydrogen-bond donors (Lipinski definition) is 0. The lowest BCUT2D eigenvalue weighted by molar-refractivity contribution is -0.112. The van der Waals surface area contributed by atoms with Gasteiger partial charge in [-0.15, -0.1) is 0 Å². The molecular formula is C9H9NO. The van der Waals surface area contributed by atoms with Crippen molar-refractivity contribution in [2.75, 3.05) is 13.1 Å². The van der Waals surface area contributed by atoms with Crippen LogP contribution in [0, 0.1) is 0 Å². The summed E-state index contributed by atoms with van der Waals surface area (Å²) < 4.78 is 0. The maximum atomic E-state index is 11.3. The van der Waals surface area contributed by atoms with Gasteiger partial charge in [-0.2, -0.15) is 0 Å². The molecule has 0 aliphatic carbocycles. The molecule has 2 heterocycles. The zero-order valence-electron chi connectivity index (χ0n) is 6.21. The third kappa shape index (κ3) is 0.827. The number of hydrogen-bond acceptors (Lipinski definition) is 2. The molecule has 11 heavy (non-hydrogen) atoms. The van der Waals surface area contributed by atoms with Crippen LogP contribution >= 0.6 is 0 Å². The molecule has 0 amide bonds. The molecule has 0 atom stereocenters. The van der Waals surface area contributed by atoms with E-state index in [-0.39, 0.29) is 5.78 Å². The van der Waals surface area contributed by atoms with E-state index in [2.05, 4.69) is 6.58 Å². The zero-order chi connectivity index (χ0) is 7.84. The molecule has 0 bridgehead atoms. The average molecular weight is 147 g/mol. The average Bonchev–Trinajstić information content (AvgIpc) is 2.30. The van der Waals surface area contributed by atoms with Crippen LogP contribution in [-0.2, 0) is 4.79 Å². The second-order valence-electron chi connectivity index (χ2n) is 2.79. The van der Waals surface area contributed by atoms with Crippen LogP contribution in [0.5, 0.6) is 0 Å². The molecule has 0 aromatic rings. The van der Waals surface area contributed by atoms with Crippen molar-refractivity contribution in [3.05, 3.63) is 36.1 Å². The van der Waals surface area contributed by atoms with E-state index in [4.69, 9.17) is 0 Å². The normalized spacial score (nSPS) is 22.2. The summed E-state index contributed by atoms with van der Waals surface area (Å²) in [7, 11) is 0. The molecule has 1 saturated heterocycles. The van der Waals surface area contributed by atoms with Crippen LogP contribution in [0.1, 0.15) is 0 Å². The summed E-state index contributed by atoms with van der Waals surface area (Å²) in [6.07, 6.45) is 5.81. The number of rotatable bonds is 0. The number of nitrogens with zero attached hydrogens (tertiary/aromatic N) is 1. The minimum Gasteiger partial charge on any atom is -0.360 e. The van der Waals surface area contributed by atoms with Crippen molar-refractivity contribution < 1.29 is 4.79 Å². The van der Waals surface area contributed by atoms with Gasteiger partial charge in [-0.1, -0.05) is 18.7 Å². The van der Waals surface area contributed by atoms with Crippen molar-refractivity contribution in [1.29, 1.82) is 0 Å². The van der Waals surface area contributed by atoms with Gasteiger partial charge >= 0.3 is 0 Å². The fraction of sp³-hybridized carbons (Fsp3) is 0.222. The molecule has 0 spiro atoms.